The number of benzene rings is 1. The highest BCUT2D eigenvalue weighted by Crippen LogP contribution is 2.11. The summed E-state index contributed by atoms with van der Waals surface area (Å²) in [6, 6.07) is 10.2. The van der Waals surface area contributed by atoms with Crippen molar-refractivity contribution in [3.05, 3.63) is 35.9 Å². The Morgan fingerprint density at radius 3 is 2.67 bits per heavy atom. The molecule has 1 aromatic carbocycles. The number of nitrogens with zero attached hydrogens (tertiary/aromatic N) is 1. The Morgan fingerprint density at radius 1 is 1.40 bits per heavy atom. The molecule has 0 aliphatic carbocycles. The zero-order chi connectivity index (χ0) is 11.1. The van der Waals surface area contributed by atoms with Crippen LogP contribution in [-0.4, -0.2) is 18.4 Å². The van der Waals surface area contributed by atoms with E-state index >= 15 is 0 Å². The lowest BCUT2D eigenvalue weighted by molar-refractivity contribution is 0.950. The van der Waals surface area contributed by atoms with Crippen molar-refractivity contribution in [2.45, 2.75) is 12.8 Å². The van der Waals surface area contributed by atoms with Crippen LogP contribution in [0.3, 0.4) is 0 Å². The van der Waals surface area contributed by atoms with Gasteiger partial charge in [-0.25, -0.2) is 0 Å². The highest BCUT2D eigenvalue weighted by Gasteiger charge is 1.99. The summed E-state index contributed by atoms with van der Waals surface area (Å²) in [6.07, 6.45) is 1.83. The number of rotatable bonds is 3. The van der Waals surface area contributed by atoms with Gasteiger partial charge in [0, 0.05) is 19.2 Å². The molecule has 0 amide bonds. The van der Waals surface area contributed by atoms with Crippen molar-refractivity contribution in [1.82, 2.24) is 10.7 Å². The largest absolute Gasteiger partial charge is 0.364 e. The van der Waals surface area contributed by atoms with Gasteiger partial charge in [-0.05, 0) is 17.8 Å². The van der Waals surface area contributed by atoms with Crippen LogP contribution in [0, 0.1) is 0 Å². The molecular weight excluding hydrogens is 206 g/mol. The quantitative estimate of drug-likeness (QED) is 0.465. The smallest absolute Gasteiger partial charge is 0.186 e. The lowest BCUT2D eigenvalue weighted by Gasteiger charge is -2.05. The zero-order valence-corrected chi connectivity index (χ0v) is 9.71. The summed E-state index contributed by atoms with van der Waals surface area (Å²) in [5, 5.41) is 7.34. The highest BCUT2D eigenvalue weighted by atomic mass is 32.1. The van der Waals surface area contributed by atoms with E-state index in [0.717, 1.165) is 0 Å². The van der Waals surface area contributed by atoms with Crippen LogP contribution in [0.25, 0.3) is 0 Å². The predicted octanol–water partition coefficient (Wildman–Crippen LogP) is 1.87. The topological polar surface area (TPSA) is 36.4 Å². The SMILES string of the molecule is CNC(=S)NN=C[C@H](C)c1ccccc1. The van der Waals surface area contributed by atoms with Crippen molar-refractivity contribution in [2.24, 2.45) is 5.10 Å². The Bertz CT molecular complexity index is 335. The van der Waals surface area contributed by atoms with Gasteiger partial charge in [0.25, 0.3) is 0 Å². The van der Waals surface area contributed by atoms with Crippen LogP contribution >= 0.6 is 12.2 Å². The molecular formula is C11H15N3S. The van der Waals surface area contributed by atoms with Crippen molar-refractivity contribution in [3.63, 3.8) is 0 Å². The summed E-state index contributed by atoms with van der Waals surface area (Å²) in [6.45, 7) is 2.09. The van der Waals surface area contributed by atoms with E-state index in [0.29, 0.717) is 5.11 Å². The standard InChI is InChI=1S/C11H15N3S/c1-9(8-13-14-11(15)12-2)10-6-4-3-5-7-10/h3-9H,1-2H3,(H2,12,14,15)/t9-/m0/s1. The lowest BCUT2D eigenvalue weighted by Crippen LogP contribution is -2.28. The van der Waals surface area contributed by atoms with Gasteiger partial charge in [-0.3, -0.25) is 5.43 Å². The van der Waals surface area contributed by atoms with Gasteiger partial charge in [0.15, 0.2) is 5.11 Å². The molecule has 0 heterocycles. The molecule has 0 radical (unpaired) electrons. The Labute approximate surface area is 95.6 Å². The van der Waals surface area contributed by atoms with Crippen molar-refractivity contribution >= 4 is 23.5 Å². The van der Waals surface area contributed by atoms with Crippen LogP contribution in [0.1, 0.15) is 18.4 Å². The monoisotopic (exact) mass is 221 g/mol. The molecule has 0 aliphatic rings. The minimum Gasteiger partial charge on any atom is -0.364 e. The molecule has 0 spiro atoms. The molecule has 15 heavy (non-hydrogen) atoms. The second-order valence-electron chi connectivity index (χ2n) is 3.17. The average molecular weight is 221 g/mol. The number of thiocarbonyl (C=S) groups is 1. The summed E-state index contributed by atoms with van der Waals surface area (Å²) in [7, 11) is 1.76. The van der Waals surface area contributed by atoms with E-state index in [1.807, 2.05) is 24.4 Å². The summed E-state index contributed by atoms with van der Waals surface area (Å²) in [4.78, 5) is 0. The van der Waals surface area contributed by atoms with Gasteiger partial charge >= 0.3 is 0 Å². The third-order valence-corrected chi connectivity index (χ3v) is 2.31. The Morgan fingerprint density at radius 2 is 2.07 bits per heavy atom. The van der Waals surface area contributed by atoms with Gasteiger partial charge in [-0.15, -0.1) is 0 Å². The van der Waals surface area contributed by atoms with Crippen LogP contribution in [-0.2, 0) is 0 Å². The van der Waals surface area contributed by atoms with Crippen molar-refractivity contribution in [2.75, 3.05) is 7.05 Å². The van der Waals surface area contributed by atoms with E-state index in [1.54, 1.807) is 7.05 Å². The summed E-state index contributed by atoms with van der Waals surface area (Å²) >= 11 is 4.89. The fraction of sp³-hybridized carbons (Fsp3) is 0.273. The number of hydrazone groups is 1. The molecule has 0 unspecified atom stereocenters. The Hall–Kier alpha value is -1.42. The molecule has 1 atom stereocenters. The molecule has 0 saturated heterocycles. The molecule has 0 fully saturated rings. The van der Waals surface area contributed by atoms with Gasteiger partial charge in [-0.1, -0.05) is 37.3 Å². The minimum absolute atomic E-state index is 0.276. The maximum atomic E-state index is 4.89. The fourth-order valence-corrected chi connectivity index (χ4v) is 1.16. The molecule has 0 aromatic heterocycles. The second kappa shape index (κ2) is 6.14. The molecule has 1 rings (SSSR count). The van der Waals surface area contributed by atoms with Crippen LogP contribution in [0.5, 0.6) is 0 Å². The first-order valence-corrected chi connectivity index (χ1v) is 5.20. The van der Waals surface area contributed by atoms with Gasteiger partial charge in [0.2, 0.25) is 0 Å². The molecule has 0 aliphatic heterocycles. The summed E-state index contributed by atoms with van der Waals surface area (Å²) < 4.78 is 0. The van der Waals surface area contributed by atoms with E-state index in [2.05, 4.69) is 34.9 Å². The van der Waals surface area contributed by atoms with Crippen LogP contribution < -0.4 is 10.7 Å². The van der Waals surface area contributed by atoms with Crippen LogP contribution in [0.2, 0.25) is 0 Å². The number of nitrogens with one attached hydrogen (secondary N) is 2. The van der Waals surface area contributed by atoms with E-state index in [4.69, 9.17) is 12.2 Å². The summed E-state index contributed by atoms with van der Waals surface area (Å²) in [5.41, 5.74) is 3.96. The molecule has 0 bridgehead atoms. The Balaban J connectivity index is 2.49. The van der Waals surface area contributed by atoms with Gasteiger partial charge < -0.3 is 5.32 Å². The average Bonchev–Trinajstić information content (AvgIpc) is 2.29. The van der Waals surface area contributed by atoms with Gasteiger partial charge in [-0.2, -0.15) is 5.10 Å². The first-order valence-electron chi connectivity index (χ1n) is 4.80. The van der Waals surface area contributed by atoms with Crippen molar-refractivity contribution in [1.29, 1.82) is 0 Å². The fourth-order valence-electron chi connectivity index (χ4n) is 1.11. The first kappa shape index (κ1) is 11.7. The van der Waals surface area contributed by atoms with Crippen LogP contribution in [0.15, 0.2) is 35.4 Å². The normalized spacial score (nSPS) is 12.4. The number of hydrogen-bond donors (Lipinski definition) is 2. The van der Waals surface area contributed by atoms with Crippen molar-refractivity contribution < 1.29 is 0 Å². The maximum Gasteiger partial charge on any atom is 0.186 e. The Kier molecular flexibility index (Phi) is 4.77. The second-order valence-corrected chi connectivity index (χ2v) is 3.58. The maximum absolute atomic E-state index is 4.89. The molecule has 0 saturated carbocycles. The summed E-state index contributed by atoms with van der Waals surface area (Å²) in [5.74, 6) is 0.276. The van der Waals surface area contributed by atoms with Gasteiger partial charge in [0.1, 0.15) is 0 Å². The molecule has 80 valence electrons. The lowest BCUT2D eigenvalue weighted by atomic mass is 10.0. The first-order chi connectivity index (χ1) is 7.24. The molecule has 3 nitrogen and oxygen atoms in total. The molecule has 2 N–H and O–H groups in total. The highest BCUT2D eigenvalue weighted by molar-refractivity contribution is 7.80. The number of hydrogen-bond acceptors (Lipinski definition) is 2. The van der Waals surface area contributed by atoms with Crippen LogP contribution in [0.4, 0.5) is 0 Å². The van der Waals surface area contributed by atoms with E-state index in [1.165, 1.54) is 5.56 Å². The zero-order valence-electron chi connectivity index (χ0n) is 8.90. The third kappa shape index (κ3) is 4.08. The third-order valence-electron chi connectivity index (χ3n) is 2.02. The van der Waals surface area contributed by atoms with Gasteiger partial charge in [0.05, 0.1) is 0 Å². The van der Waals surface area contributed by atoms with E-state index in [9.17, 15) is 0 Å². The van der Waals surface area contributed by atoms with E-state index < -0.39 is 0 Å². The van der Waals surface area contributed by atoms with E-state index in [-0.39, 0.29) is 5.92 Å². The minimum atomic E-state index is 0.276. The predicted molar refractivity (Wildman–Crippen MR) is 68.1 cm³/mol. The molecule has 1 aromatic rings. The molecule has 4 heteroatoms. The van der Waals surface area contributed by atoms with Crippen molar-refractivity contribution in [3.8, 4) is 0 Å².